The first-order valence-corrected chi connectivity index (χ1v) is 8.28. The number of rotatable bonds is 8. The van der Waals surface area contributed by atoms with Gasteiger partial charge in [-0.3, -0.25) is 4.79 Å². The Kier molecular flexibility index (Phi) is 7.02. The van der Waals surface area contributed by atoms with Crippen molar-refractivity contribution < 1.29 is 14.3 Å². The molecule has 1 aromatic rings. The van der Waals surface area contributed by atoms with E-state index in [1.54, 1.807) is 14.0 Å². The van der Waals surface area contributed by atoms with Crippen molar-refractivity contribution in [2.45, 2.75) is 32.5 Å². The zero-order valence-electron chi connectivity index (χ0n) is 14.1. The highest BCUT2D eigenvalue weighted by molar-refractivity contribution is 5.80. The van der Waals surface area contributed by atoms with Gasteiger partial charge >= 0.3 is 0 Å². The number of hydrogen-bond acceptors (Lipinski definition) is 4. The molecule has 0 saturated carbocycles. The second-order valence-corrected chi connectivity index (χ2v) is 6.34. The van der Waals surface area contributed by atoms with Gasteiger partial charge in [-0.25, -0.2) is 0 Å². The third-order valence-corrected chi connectivity index (χ3v) is 4.46. The van der Waals surface area contributed by atoms with Gasteiger partial charge in [0.05, 0.1) is 13.2 Å². The number of amides is 1. The third kappa shape index (κ3) is 5.61. The fraction of sp³-hybridized carbons (Fsp3) is 0.611. The molecule has 0 radical (unpaired) electrons. The molecule has 1 aliphatic rings. The minimum Gasteiger partial charge on any atom is -0.384 e. The van der Waals surface area contributed by atoms with E-state index in [0.29, 0.717) is 19.8 Å². The summed E-state index contributed by atoms with van der Waals surface area (Å²) in [6.45, 7) is 5.50. The van der Waals surface area contributed by atoms with E-state index in [1.165, 1.54) is 0 Å². The molecule has 2 N–H and O–H groups in total. The molecule has 0 aromatic heterocycles. The fourth-order valence-corrected chi connectivity index (χ4v) is 2.92. The topological polar surface area (TPSA) is 59.6 Å². The van der Waals surface area contributed by atoms with Crippen LogP contribution in [0.3, 0.4) is 0 Å². The average Bonchev–Trinajstić information content (AvgIpc) is 2.59. The van der Waals surface area contributed by atoms with Crippen LogP contribution in [-0.4, -0.2) is 45.4 Å². The first-order chi connectivity index (χ1) is 11.2. The van der Waals surface area contributed by atoms with Crippen molar-refractivity contribution in [1.82, 2.24) is 10.6 Å². The van der Waals surface area contributed by atoms with E-state index in [4.69, 9.17) is 9.47 Å². The second kappa shape index (κ2) is 9.01. The predicted molar refractivity (Wildman–Crippen MR) is 90.1 cm³/mol. The van der Waals surface area contributed by atoms with Gasteiger partial charge < -0.3 is 20.1 Å². The summed E-state index contributed by atoms with van der Waals surface area (Å²) in [7, 11) is 1.72. The molecule has 128 valence electrons. The van der Waals surface area contributed by atoms with Gasteiger partial charge in [0.25, 0.3) is 0 Å². The number of piperidine rings is 1. The standard InChI is InChI=1S/C18H28N2O3/c1-15(23-12-16-6-4-3-5-7-16)17(21)20-13-18(14-22-2)8-10-19-11-9-18/h3-7,15,19H,8-14H2,1-2H3,(H,20,21). The van der Waals surface area contributed by atoms with Crippen LogP contribution >= 0.6 is 0 Å². The summed E-state index contributed by atoms with van der Waals surface area (Å²) in [6.07, 6.45) is 1.57. The zero-order chi connectivity index (χ0) is 16.5. The summed E-state index contributed by atoms with van der Waals surface area (Å²) >= 11 is 0. The van der Waals surface area contributed by atoms with Gasteiger partial charge in [-0.2, -0.15) is 0 Å². The molecule has 0 bridgehead atoms. The molecule has 5 nitrogen and oxygen atoms in total. The van der Waals surface area contributed by atoms with E-state index >= 15 is 0 Å². The molecule has 0 aliphatic carbocycles. The molecular formula is C18H28N2O3. The van der Waals surface area contributed by atoms with Crippen molar-refractivity contribution in [1.29, 1.82) is 0 Å². The van der Waals surface area contributed by atoms with Gasteiger partial charge in [-0.15, -0.1) is 0 Å². The molecule has 1 aromatic carbocycles. The number of carbonyl (C=O) groups is 1. The predicted octanol–water partition coefficient (Wildman–Crippen LogP) is 1.72. The smallest absolute Gasteiger partial charge is 0.248 e. The van der Waals surface area contributed by atoms with Gasteiger partial charge in [0, 0.05) is 19.1 Å². The number of carbonyl (C=O) groups excluding carboxylic acids is 1. The summed E-state index contributed by atoms with van der Waals surface area (Å²) in [6, 6.07) is 9.89. The molecule has 1 atom stereocenters. The minimum atomic E-state index is -0.462. The monoisotopic (exact) mass is 320 g/mol. The fourth-order valence-electron chi connectivity index (χ4n) is 2.92. The normalized spacial score (nSPS) is 18.3. The van der Waals surface area contributed by atoms with Gasteiger partial charge in [0.15, 0.2) is 0 Å². The highest BCUT2D eigenvalue weighted by atomic mass is 16.5. The van der Waals surface area contributed by atoms with Crippen LogP contribution in [0, 0.1) is 5.41 Å². The summed E-state index contributed by atoms with van der Waals surface area (Å²) in [4.78, 5) is 12.3. The molecule has 1 heterocycles. The highest BCUT2D eigenvalue weighted by Crippen LogP contribution is 2.28. The summed E-state index contributed by atoms with van der Waals surface area (Å²) in [5.74, 6) is -0.0602. The van der Waals surface area contributed by atoms with Crippen LogP contribution in [0.4, 0.5) is 0 Å². The van der Waals surface area contributed by atoms with Crippen LogP contribution in [0.2, 0.25) is 0 Å². The Morgan fingerprint density at radius 1 is 1.30 bits per heavy atom. The van der Waals surface area contributed by atoms with E-state index in [1.807, 2.05) is 30.3 Å². The van der Waals surface area contributed by atoms with Crippen molar-refractivity contribution in [3.05, 3.63) is 35.9 Å². The van der Waals surface area contributed by atoms with Crippen LogP contribution in [0.15, 0.2) is 30.3 Å². The van der Waals surface area contributed by atoms with E-state index in [9.17, 15) is 4.79 Å². The van der Waals surface area contributed by atoms with E-state index < -0.39 is 6.10 Å². The lowest BCUT2D eigenvalue weighted by Gasteiger charge is -2.37. The zero-order valence-corrected chi connectivity index (χ0v) is 14.1. The molecular weight excluding hydrogens is 292 g/mol. The average molecular weight is 320 g/mol. The minimum absolute atomic E-state index is 0.0365. The Hall–Kier alpha value is -1.43. The molecule has 1 amide bonds. The lowest BCUT2D eigenvalue weighted by Crippen LogP contribution is -2.48. The van der Waals surface area contributed by atoms with Gasteiger partial charge in [0.1, 0.15) is 6.10 Å². The second-order valence-electron chi connectivity index (χ2n) is 6.34. The maximum Gasteiger partial charge on any atom is 0.248 e. The van der Waals surface area contributed by atoms with E-state index in [-0.39, 0.29) is 11.3 Å². The van der Waals surface area contributed by atoms with Gasteiger partial charge in [-0.05, 0) is 38.4 Å². The van der Waals surface area contributed by atoms with Crippen LogP contribution in [0.5, 0.6) is 0 Å². The van der Waals surface area contributed by atoms with Crippen LogP contribution < -0.4 is 10.6 Å². The van der Waals surface area contributed by atoms with Crippen molar-refractivity contribution in [2.24, 2.45) is 5.41 Å². The van der Waals surface area contributed by atoms with E-state index in [2.05, 4.69) is 10.6 Å². The Morgan fingerprint density at radius 2 is 2.00 bits per heavy atom. The molecule has 0 spiro atoms. The Morgan fingerprint density at radius 3 is 2.65 bits per heavy atom. The molecule has 5 heteroatoms. The van der Waals surface area contributed by atoms with Crippen molar-refractivity contribution in [3.63, 3.8) is 0 Å². The van der Waals surface area contributed by atoms with Crippen molar-refractivity contribution in [3.8, 4) is 0 Å². The number of nitrogens with one attached hydrogen (secondary N) is 2. The lowest BCUT2D eigenvalue weighted by atomic mass is 9.79. The number of benzene rings is 1. The first-order valence-electron chi connectivity index (χ1n) is 8.28. The summed E-state index contributed by atoms with van der Waals surface area (Å²) in [5.41, 5.74) is 1.11. The van der Waals surface area contributed by atoms with Crippen molar-refractivity contribution in [2.75, 3.05) is 33.4 Å². The largest absolute Gasteiger partial charge is 0.384 e. The summed E-state index contributed by atoms with van der Waals surface area (Å²) < 4.78 is 11.0. The Bertz CT molecular complexity index is 467. The van der Waals surface area contributed by atoms with Crippen LogP contribution in [0.25, 0.3) is 0 Å². The van der Waals surface area contributed by atoms with Crippen molar-refractivity contribution >= 4 is 5.91 Å². The van der Waals surface area contributed by atoms with Crippen LogP contribution in [0.1, 0.15) is 25.3 Å². The lowest BCUT2D eigenvalue weighted by molar-refractivity contribution is -0.133. The molecule has 1 fully saturated rings. The molecule has 1 aliphatic heterocycles. The Labute approximate surface area is 138 Å². The van der Waals surface area contributed by atoms with Gasteiger partial charge in [0.2, 0.25) is 5.91 Å². The first kappa shape index (κ1) is 17.9. The highest BCUT2D eigenvalue weighted by Gasteiger charge is 2.33. The quantitative estimate of drug-likeness (QED) is 0.766. The Balaban J connectivity index is 1.78. The number of ether oxygens (including phenoxy) is 2. The van der Waals surface area contributed by atoms with Crippen LogP contribution in [-0.2, 0) is 20.9 Å². The third-order valence-electron chi connectivity index (χ3n) is 4.46. The number of hydrogen-bond donors (Lipinski definition) is 2. The SMILES string of the molecule is COCC1(CNC(=O)C(C)OCc2ccccc2)CCNCC1. The van der Waals surface area contributed by atoms with Gasteiger partial charge in [-0.1, -0.05) is 30.3 Å². The summed E-state index contributed by atoms with van der Waals surface area (Å²) in [5, 5.41) is 6.40. The molecule has 1 saturated heterocycles. The maximum atomic E-state index is 12.3. The number of methoxy groups -OCH3 is 1. The molecule has 23 heavy (non-hydrogen) atoms. The maximum absolute atomic E-state index is 12.3. The van der Waals surface area contributed by atoms with E-state index in [0.717, 1.165) is 31.5 Å². The molecule has 1 unspecified atom stereocenters. The molecule has 2 rings (SSSR count).